The maximum absolute atomic E-state index is 12.5. The normalized spacial score (nSPS) is 15.1. The molecule has 0 aliphatic carbocycles. The van der Waals surface area contributed by atoms with Gasteiger partial charge in [-0.15, -0.1) is 0 Å². The molecule has 7 nitrogen and oxygen atoms in total. The lowest BCUT2D eigenvalue weighted by Crippen LogP contribution is -2.50. The van der Waals surface area contributed by atoms with Crippen LogP contribution >= 0.6 is 0 Å². The van der Waals surface area contributed by atoms with Crippen molar-refractivity contribution >= 4 is 22.9 Å². The molecule has 7 heteroatoms. The first-order chi connectivity index (χ1) is 13.6. The zero-order valence-corrected chi connectivity index (χ0v) is 15.9. The van der Waals surface area contributed by atoms with Crippen LogP contribution in [-0.2, 0) is 18.4 Å². The lowest BCUT2D eigenvalue weighted by molar-refractivity contribution is -0.131. The second kappa shape index (κ2) is 7.90. The van der Waals surface area contributed by atoms with E-state index in [2.05, 4.69) is 22.3 Å². The number of benzene rings is 1. The molecular weight excluding hydrogens is 356 g/mol. The maximum Gasteiger partial charge on any atom is 0.268 e. The first-order valence-corrected chi connectivity index (χ1v) is 9.47. The summed E-state index contributed by atoms with van der Waals surface area (Å²) >= 11 is 0. The van der Waals surface area contributed by atoms with Crippen molar-refractivity contribution in [3.05, 3.63) is 60.0 Å². The Kier molecular flexibility index (Phi) is 5.16. The summed E-state index contributed by atoms with van der Waals surface area (Å²) in [6.07, 6.45) is 1.59. The minimum atomic E-state index is -0.273. The summed E-state index contributed by atoms with van der Waals surface area (Å²) in [4.78, 5) is 29.1. The summed E-state index contributed by atoms with van der Waals surface area (Å²) in [6.45, 7) is 3.93. The highest BCUT2D eigenvalue weighted by molar-refractivity contribution is 5.99. The van der Waals surface area contributed by atoms with Gasteiger partial charge in [-0.25, -0.2) is 0 Å². The molecule has 3 heterocycles. The van der Waals surface area contributed by atoms with E-state index in [1.807, 2.05) is 29.2 Å². The molecule has 0 unspecified atom stereocenters. The predicted molar refractivity (Wildman–Crippen MR) is 106 cm³/mol. The molecule has 1 saturated heterocycles. The number of carbonyl (C=O) groups is 2. The highest BCUT2D eigenvalue weighted by Gasteiger charge is 2.22. The Morgan fingerprint density at radius 2 is 1.82 bits per heavy atom. The zero-order chi connectivity index (χ0) is 19.5. The van der Waals surface area contributed by atoms with Gasteiger partial charge in [0.2, 0.25) is 5.91 Å². The van der Waals surface area contributed by atoms with Crippen LogP contribution in [0.2, 0.25) is 0 Å². The molecule has 1 aromatic carbocycles. The number of rotatable bonds is 5. The third kappa shape index (κ3) is 3.80. The molecule has 0 saturated carbocycles. The fourth-order valence-electron chi connectivity index (χ4n) is 3.62. The number of hydrogen-bond donors (Lipinski definition) is 1. The lowest BCUT2D eigenvalue weighted by Gasteiger charge is -2.34. The number of aromatic nitrogens is 1. The Morgan fingerprint density at radius 1 is 1.07 bits per heavy atom. The average molecular weight is 380 g/mol. The number of carbonyl (C=O) groups excluding carboxylic acids is 2. The van der Waals surface area contributed by atoms with Crippen molar-refractivity contribution in [1.29, 1.82) is 0 Å². The van der Waals surface area contributed by atoms with Crippen molar-refractivity contribution in [2.75, 3.05) is 32.7 Å². The Balaban J connectivity index is 1.26. The van der Waals surface area contributed by atoms with Crippen LogP contribution in [0.1, 0.15) is 16.1 Å². The molecule has 0 spiro atoms. The van der Waals surface area contributed by atoms with E-state index in [4.69, 9.17) is 4.42 Å². The minimum absolute atomic E-state index is 0.00403. The van der Waals surface area contributed by atoms with Crippen LogP contribution in [0.4, 0.5) is 0 Å². The molecule has 1 aliphatic rings. The maximum atomic E-state index is 12.5. The molecule has 1 N–H and O–H groups in total. The van der Waals surface area contributed by atoms with Crippen molar-refractivity contribution in [3.8, 4) is 0 Å². The minimum Gasteiger partial charge on any atom is -0.463 e. The number of piperazine rings is 1. The standard InChI is InChI=1S/C21H24N4O3/c1-23-17-7-12-28-19(17)13-18(23)21(27)22-14-20(26)25-10-8-24(9-11-25)15-16-5-3-2-4-6-16/h2-7,12-13H,8-11,14-15H2,1H3,(H,22,27). The monoisotopic (exact) mass is 380 g/mol. The van der Waals surface area contributed by atoms with E-state index in [1.54, 1.807) is 23.9 Å². The van der Waals surface area contributed by atoms with Crippen molar-refractivity contribution in [3.63, 3.8) is 0 Å². The molecule has 1 fully saturated rings. The highest BCUT2D eigenvalue weighted by Crippen LogP contribution is 2.19. The predicted octanol–water partition coefficient (Wildman–Crippen LogP) is 1.85. The first-order valence-electron chi connectivity index (χ1n) is 9.47. The molecule has 0 atom stereocenters. The van der Waals surface area contributed by atoms with Crippen LogP contribution in [0.3, 0.4) is 0 Å². The summed E-state index contributed by atoms with van der Waals surface area (Å²) in [6, 6.07) is 13.8. The second-order valence-corrected chi connectivity index (χ2v) is 7.08. The Bertz CT molecular complexity index is 968. The summed E-state index contributed by atoms with van der Waals surface area (Å²) in [5.41, 5.74) is 3.28. The number of nitrogens with zero attached hydrogens (tertiary/aromatic N) is 3. The fraction of sp³-hybridized carbons (Fsp3) is 0.333. The summed E-state index contributed by atoms with van der Waals surface area (Å²) in [5.74, 6) is -0.324. The molecular formula is C21H24N4O3. The van der Waals surface area contributed by atoms with Crippen LogP contribution in [-0.4, -0.2) is 58.9 Å². The van der Waals surface area contributed by atoms with Gasteiger partial charge in [-0.3, -0.25) is 14.5 Å². The Hall–Kier alpha value is -3.06. The summed E-state index contributed by atoms with van der Waals surface area (Å²) in [5, 5.41) is 2.73. The molecule has 3 aromatic rings. The van der Waals surface area contributed by atoms with E-state index in [1.165, 1.54) is 5.56 Å². The first kappa shape index (κ1) is 18.3. The number of fused-ring (bicyclic) bond motifs is 1. The Labute approximate surface area is 163 Å². The van der Waals surface area contributed by atoms with Gasteiger partial charge in [-0.1, -0.05) is 30.3 Å². The number of amides is 2. The van der Waals surface area contributed by atoms with E-state index in [9.17, 15) is 9.59 Å². The van der Waals surface area contributed by atoms with Gasteiger partial charge in [-0.2, -0.15) is 0 Å². The SMILES string of the molecule is Cn1c(C(=O)NCC(=O)N2CCN(Cc3ccccc3)CC2)cc2occc21. The third-order valence-electron chi connectivity index (χ3n) is 5.27. The molecule has 2 aromatic heterocycles. The molecule has 146 valence electrons. The van der Waals surface area contributed by atoms with Crippen LogP contribution in [0.5, 0.6) is 0 Å². The van der Waals surface area contributed by atoms with E-state index in [0.29, 0.717) is 24.4 Å². The largest absolute Gasteiger partial charge is 0.463 e. The number of hydrogen-bond acceptors (Lipinski definition) is 4. The van der Waals surface area contributed by atoms with Gasteiger partial charge in [0.25, 0.3) is 5.91 Å². The van der Waals surface area contributed by atoms with Gasteiger partial charge in [0.05, 0.1) is 18.3 Å². The van der Waals surface area contributed by atoms with Crippen molar-refractivity contribution in [2.24, 2.45) is 7.05 Å². The van der Waals surface area contributed by atoms with Crippen LogP contribution in [0.15, 0.2) is 53.1 Å². The quantitative estimate of drug-likeness (QED) is 0.733. The fourth-order valence-corrected chi connectivity index (χ4v) is 3.62. The van der Waals surface area contributed by atoms with Gasteiger partial charge in [0.1, 0.15) is 5.69 Å². The van der Waals surface area contributed by atoms with Crippen molar-refractivity contribution in [2.45, 2.75) is 6.54 Å². The molecule has 28 heavy (non-hydrogen) atoms. The second-order valence-electron chi connectivity index (χ2n) is 7.08. The van der Waals surface area contributed by atoms with Crippen molar-refractivity contribution < 1.29 is 14.0 Å². The van der Waals surface area contributed by atoms with Gasteiger partial charge in [0.15, 0.2) is 5.58 Å². The summed E-state index contributed by atoms with van der Waals surface area (Å²) in [7, 11) is 1.81. The topological polar surface area (TPSA) is 70.7 Å². The van der Waals surface area contributed by atoms with Crippen LogP contribution < -0.4 is 5.32 Å². The number of nitrogens with one attached hydrogen (secondary N) is 1. The summed E-state index contributed by atoms with van der Waals surface area (Å²) < 4.78 is 7.09. The van der Waals surface area contributed by atoms with Crippen LogP contribution in [0.25, 0.3) is 11.1 Å². The van der Waals surface area contributed by atoms with E-state index >= 15 is 0 Å². The van der Waals surface area contributed by atoms with Crippen molar-refractivity contribution in [1.82, 2.24) is 19.7 Å². The third-order valence-corrected chi connectivity index (χ3v) is 5.27. The zero-order valence-electron chi connectivity index (χ0n) is 15.9. The lowest BCUT2D eigenvalue weighted by atomic mass is 10.2. The Morgan fingerprint density at radius 3 is 2.54 bits per heavy atom. The van der Waals surface area contributed by atoms with Gasteiger partial charge in [-0.05, 0) is 5.56 Å². The van der Waals surface area contributed by atoms with Gasteiger partial charge in [0, 0.05) is 51.9 Å². The van der Waals surface area contributed by atoms with E-state index in [0.717, 1.165) is 25.2 Å². The number of aryl methyl sites for hydroxylation is 1. The molecule has 2 amide bonds. The van der Waals surface area contributed by atoms with Gasteiger partial charge >= 0.3 is 0 Å². The van der Waals surface area contributed by atoms with E-state index in [-0.39, 0.29) is 18.4 Å². The van der Waals surface area contributed by atoms with Crippen LogP contribution in [0, 0.1) is 0 Å². The molecule has 0 bridgehead atoms. The molecule has 0 radical (unpaired) electrons. The molecule has 4 rings (SSSR count). The number of furan rings is 1. The molecule has 1 aliphatic heterocycles. The van der Waals surface area contributed by atoms with E-state index < -0.39 is 0 Å². The highest BCUT2D eigenvalue weighted by atomic mass is 16.3. The average Bonchev–Trinajstić information content (AvgIpc) is 3.30. The smallest absolute Gasteiger partial charge is 0.268 e. The van der Waals surface area contributed by atoms with Gasteiger partial charge < -0.3 is 19.2 Å².